The number of ether oxygens (including phenoxy) is 1. The molecule has 0 bridgehead atoms. The maximum atomic E-state index is 12.0. The summed E-state index contributed by atoms with van der Waals surface area (Å²) >= 11 is 6.02. The maximum absolute atomic E-state index is 12.0. The van der Waals surface area contributed by atoms with Crippen molar-refractivity contribution in [2.75, 3.05) is 7.11 Å². The molecule has 0 unspecified atom stereocenters. The first kappa shape index (κ1) is 15.1. The Morgan fingerprint density at radius 3 is 2.83 bits per heavy atom. The SMILES string of the molecule is COc1ccc(/C=N/NC(=O)c2cc3ccccc3o2)cc1Cl. The fourth-order valence-electron chi connectivity index (χ4n) is 2.08. The monoisotopic (exact) mass is 328 g/mol. The second-order valence-electron chi connectivity index (χ2n) is 4.74. The van der Waals surface area contributed by atoms with E-state index in [1.54, 1.807) is 37.4 Å². The zero-order valence-corrected chi connectivity index (χ0v) is 13.0. The Bertz CT molecular complexity index is 853. The van der Waals surface area contributed by atoms with Gasteiger partial charge in [0.25, 0.3) is 0 Å². The van der Waals surface area contributed by atoms with Crippen LogP contribution >= 0.6 is 11.6 Å². The lowest BCUT2D eigenvalue weighted by molar-refractivity contribution is 0.0929. The molecule has 5 nitrogen and oxygen atoms in total. The lowest BCUT2D eigenvalue weighted by atomic mass is 10.2. The zero-order chi connectivity index (χ0) is 16.2. The highest BCUT2D eigenvalue weighted by Gasteiger charge is 2.10. The number of hydrogen-bond donors (Lipinski definition) is 1. The summed E-state index contributed by atoms with van der Waals surface area (Å²) in [5.74, 6) is 0.364. The molecule has 2 aromatic carbocycles. The molecular formula is C17H13ClN2O3. The van der Waals surface area contributed by atoms with Gasteiger partial charge in [-0.15, -0.1) is 0 Å². The Morgan fingerprint density at radius 1 is 1.26 bits per heavy atom. The number of nitrogens with zero attached hydrogens (tertiary/aromatic N) is 1. The summed E-state index contributed by atoms with van der Waals surface area (Å²) in [7, 11) is 1.54. The Balaban J connectivity index is 1.69. The molecule has 0 fully saturated rings. The number of nitrogens with one attached hydrogen (secondary N) is 1. The summed E-state index contributed by atoms with van der Waals surface area (Å²) in [4.78, 5) is 12.0. The third kappa shape index (κ3) is 3.35. The van der Waals surface area contributed by atoms with Gasteiger partial charge in [0, 0.05) is 5.39 Å². The average molecular weight is 329 g/mol. The van der Waals surface area contributed by atoms with Crippen molar-refractivity contribution in [3.8, 4) is 5.75 Å². The van der Waals surface area contributed by atoms with Crippen molar-refractivity contribution in [1.82, 2.24) is 5.43 Å². The summed E-state index contributed by atoms with van der Waals surface area (Å²) in [6.45, 7) is 0. The fraction of sp³-hybridized carbons (Fsp3) is 0.0588. The van der Waals surface area contributed by atoms with E-state index in [2.05, 4.69) is 10.5 Å². The number of rotatable bonds is 4. The number of benzene rings is 2. The summed E-state index contributed by atoms with van der Waals surface area (Å²) in [5.41, 5.74) is 3.81. The van der Waals surface area contributed by atoms with Gasteiger partial charge >= 0.3 is 5.91 Å². The molecule has 3 rings (SSSR count). The quantitative estimate of drug-likeness (QED) is 0.584. The molecule has 0 saturated carbocycles. The molecule has 1 heterocycles. The van der Waals surface area contributed by atoms with E-state index in [1.165, 1.54) is 6.21 Å². The molecular weight excluding hydrogens is 316 g/mol. The largest absolute Gasteiger partial charge is 0.495 e. The van der Waals surface area contributed by atoms with Crippen LogP contribution in [-0.2, 0) is 0 Å². The molecule has 0 spiro atoms. The second kappa shape index (κ2) is 6.54. The van der Waals surface area contributed by atoms with Gasteiger partial charge in [-0.2, -0.15) is 5.10 Å². The van der Waals surface area contributed by atoms with Gasteiger partial charge < -0.3 is 9.15 Å². The Morgan fingerprint density at radius 2 is 2.09 bits per heavy atom. The molecule has 116 valence electrons. The van der Waals surface area contributed by atoms with E-state index in [4.69, 9.17) is 20.8 Å². The predicted molar refractivity (Wildman–Crippen MR) is 89.3 cm³/mol. The first-order valence-corrected chi connectivity index (χ1v) is 7.20. The highest BCUT2D eigenvalue weighted by Crippen LogP contribution is 2.24. The van der Waals surface area contributed by atoms with Gasteiger partial charge in [0.1, 0.15) is 11.3 Å². The van der Waals surface area contributed by atoms with Gasteiger partial charge in [-0.1, -0.05) is 29.8 Å². The van der Waals surface area contributed by atoms with Gasteiger partial charge in [0.05, 0.1) is 18.3 Å². The van der Waals surface area contributed by atoms with E-state index in [0.29, 0.717) is 16.4 Å². The van der Waals surface area contributed by atoms with Crippen LogP contribution in [0.15, 0.2) is 58.0 Å². The van der Waals surface area contributed by atoms with Gasteiger partial charge in [-0.05, 0) is 35.9 Å². The molecule has 0 aliphatic heterocycles. The third-order valence-corrected chi connectivity index (χ3v) is 3.50. The first-order valence-electron chi connectivity index (χ1n) is 6.83. The Kier molecular flexibility index (Phi) is 4.30. The van der Waals surface area contributed by atoms with Crippen LogP contribution in [0, 0.1) is 0 Å². The maximum Gasteiger partial charge on any atom is 0.307 e. The van der Waals surface area contributed by atoms with Crippen molar-refractivity contribution in [2.24, 2.45) is 5.10 Å². The number of fused-ring (bicyclic) bond motifs is 1. The van der Waals surface area contributed by atoms with Crippen LogP contribution in [0.1, 0.15) is 16.1 Å². The second-order valence-corrected chi connectivity index (χ2v) is 5.15. The van der Waals surface area contributed by atoms with Crippen LogP contribution < -0.4 is 10.2 Å². The van der Waals surface area contributed by atoms with Crippen LogP contribution in [0.25, 0.3) is 11.0 Å². The molecule has 3 aromatic rings. The molecule has 0 aliphatic carbocycles. The minimum absolute atomic E-state index is 0.205. The fourth-order valence-corrected chi connectivity index (χ4v) is 2.34. The molecule has 23 heavy (non-hydrogen) atoms. The highest BCUT2D eigenvalue weighted by molar-refractivity contribution is 6.32. The normalized spacial score (nSPS) is 11.0. The van der Waals surface area contributed by atoms with Crippen molar-refractivity contribution in [2.45, 2.75) is 0 Å². The van der Waals surface area contributed by atoms with Crippen molar-refractivity contribution < 1.29 is 13.9 Å². The van der Waals surface area contributed by atoms with Gasteiger partial charge in [0.15, 0.2) is 5.76 Å². The Labute approximate surface area is 137 Å². The average Bonchev–Trinajstić information content (AvgIpc) is 2.99. The summed E-state index contributed by atoms with van der Waals surface area (Å²) in [6.07, 6.45) is 1.49. The van der Waals surface area contributed by atoms with Crippen molar-refractivity contribution >= 4 is 34.7 Å². The number of amides is 1. The molecule has 0 radical (unpaired) electrons. The Hall–Kier alpha value is -2.79. The molecule has 1 N–H and O–H groups in total. The minimum atomic E-state index is -0.419. The minimum Gasteiger partial charge on any atom is -0.495 e. The van der Waals surface area contributed by atoms with E-state index in [9.17, 15) is 4.79 Å². The van der Waals surface area contributed by atoms with E-state index < -0.39 is 5.91 Å². The predicted octanol–water partition coefficient (Wildman–Crippen LogP) is 3.86. The standard InChI is InChI=1S/C17H13ClN2O3/c1-22-15-7-6-11(8-13(15)18)10-19-20-17(21)16-9-12-4-2-3-5-14(12)23-16/h2-10H,1H3,(H,20,21)/b19-10+. The number of halogens is 1. The number of methoxy groups -OCH3 is 1. The topological polar surface area (TPSA) is 63.8 Å². The van der Waals surface area contributed by atoms with Crippen molar-refractivity contribution in [3.63, 3.8) is 0 Å². The summed E-state index contributed by atoms with van der Waals surface area (Å²) < 4.78 is 10.5. The lowest BCUT2D eigenvalue weighted by Gasteiger charge is -2.02. The van der Waals surface area contributed by atoms with Crippen LogP contribution in [0.5, 0.6) is 5.75 Å². The van der Waals surface area contributed by atoms with Crippen LogP contribution in [0.2, 0.25) is 5.02 Å². The molecule has 0 aliphatic rings. The molecule has 1 amide bonds. The summed E-state index contributed by atoms with van der Waals surface area (Å²) in [5, 5.41) is 5.24. The number of hydrogen-bond acceptors (Lipinski definition) is 4. The van der Waals surface area contributed by atoms with Crippen LogP contribution in [0.4, 0.5) is 0 Å². The van der Waals surface area contributed by atoms with E-state index in [1.807, 2.05) is 18.2 Å². The van der Waals surface area contributed by atoms with E-state index in [0.717, 1.165) is 10.9 Å². The van der Waals surface area contributed by atoms with Gasteiger partial charge in [-0.3, -0.25) is 4.79 Å². The number of carbonyl (C=O) groups is 1. The third-order valence-electron chi connectivity index (χ3n) is 3.20. The van der Waals surface area contributed by atoms with E-state index >= 15 is 0 Å². The molecule has 0 saturated heterocycles. The number of furan rings is 1. The first-order chi connectivity index (χ1) is 11.2. The van der Waals surface area contributed by atoms with Gasteiger partial charge in [0.2, 0.25) is 0 Å². The molecule has 6 heteroatoms. The van der Waals surface area contributed by atoms with E-state index in [-0.39, 0.29) is 5.76 Å². The summed E-state index contributed by atoms with van der Waals surface area (Å²) in [6, 6.07) is 14.3. The smallest absolute Gasteiger partial charge is 0.307 e. The number of para-hydroxylation sites is 1. The molecule has 1 aromatic heterocycles. The molecule has 0 atom stereocenters. The number of hydrazone groups is 1. The zero-order valence-electron chi connectivity index (χ0n) is 12.2. The highest BCUT2D eigenvalue weighted by atomic mass is 35.5. The number of carbonyl (C=O) groups excluding carboxylic acids is 1. The lowest BCUT2D eigenvalue weighted by Crippen LogP contribution is -2.16. The van der Waals surface area contributed by atoms with Crippen molar-refractivity contribution in [3.05, 3.63) is 64.9 Å². The van der Waals surface area contributed by atoms with Crippen molar-refractivity contribution in [1.29, 1.82) is 0 Å². The van der Waals surface area contributed by atoms with Crippen LogP contribution in [-0.4, -0.2) is 19.2 Å². The van der Waals surface area contributed by atoms with Crippen LogP contribution in [0.3, 0.4) is 0 Å². The van der Waals surface area contributed by atoms with Gasteiger partial charge in [-0.25, -0.2) is 5.43 Å².